The van der Waals surface area contributed by atoms with Gasteiger partial charge in [-0.25, -0.2) is 0 Å². The lowest BCUT2D eigenvalue weighted by Crippen LogP contribution is -2.33. The highest BCUT2D eigenvalue weighted by atomic mass is 35.5. The molecular weight excluding hydrogens is 273 g/mol. The summed E-state index contributed by atoms with van der Waals surface area (Å²) in [5.74, 6) is 0.208. The Morgan fingerprint density at radius 3 is 2.50 bits per heavy atom. The van der Waals surface area contributed by atoms with Crippen molar-refractivity contribution in [3.05, 3.63) is 33.8 Å². The van der Waals surface area contributed by atoms with E-state index in [-0.39, 0.29) is 11.9 Å². The molecule has 1 aromatic carbocycles. The minimum Gasteiger partial charge on any atom is -0.409 e. The summed E-state index contributed by atoms with van der Waals surface area (Å²) in [5, 5.41) is 12.8. The third-order valence-electron chi connectivity index (χ3n) is 2.85. The van der Waals surface area contributed by atoms with Crippen LogP contribution in [0.3, 0.4) is 0 Å². The number of rotatable bonds is 5. The zero-order valence-corrected chi connectivity index (χ0v) is 11.9. The Hall–Kier alpha value is -0.970. The first-order valence-electron chi connectivity index (χ1n) is 5.55. The van der Waals surface area contributed by atoms with Gasteiger partial charge in [-0.05, 0) is 26.1 Å². The molecule has 0 aliphatic carbocycles. The Kier molecular flexibility index (Phi) is 5.72. The second-order valence-electron chi connectivity index (χ2n) is 4.26. The van der Waals surface area contributed by atoms with Crippen LogP contribution in [0.15, 0.2) is 23.4 Å². The van der Waals surface area contributed by atoms with Gasteiger partial charge in [0, 0.05) is 34.6 Å². The van der Waals surface area contributed by atoms with E-state index >= 15 is 0 Å². The molecule has 0 aliphatic rings. The molecule has 0 saturated heterocycles. The molecule has 0 radical (unpaired) electrons. The lowest BCUT2D eigenvalue weighted by atomic mass is 10.1. The topological polar surface area (TPSA) is 61.9 Å². The van der Waals surface area contributed by atoms with Crippen molar-refractivity contribution < 1.29 is 5.21 Å². The number of hydrogen-bond acceptors (Lipinski definition) is 3. The molecule has 0 amide bonds. The number of amidine groups is 1. The molecule has 0 heterocycles. The minimum atomic E-state index is 0.119. The lowest BCUT2D eigenvalue weighted by molar-refractivity contribution is 0.251. The molecule has 3 N–H and O–H groups in total. The van der Waals surface area contributed by atoms with Crippen LogP contribution in [0.4, 0.5) is 0 Å². The summed E-state index contributed by atoms with van der Waals surface area (Å²) in [6, 6.07) is 5.55. The second kappa shape index (κ2) is 6.83. The van der Waals surface area contributed by atoms with Gasteiger partial charge in [-0.1, -0.05) is 34.4 Å². The Balaban J connectivity index is 2.72. The van der Waals surface area contributed by atoms with Crippen molar-refractivity contribution >= 4 is 29.0 Å². The van der Waals surface area contributed by atoms with E-state index < -0.39 is 0 Å². The fourth-order valence-electron chi connectivity index (χ4n) is 1.59. The van der Waals surface area contributed by atoms with Crippen LogP contribution in [-0.2, 0) is 6.54 Å². The summed E-state index contributed by atoms with van der Waals surface area (Å²) in [4.78, 5) is 2.05. The number of halogens is 2. The molecule has 18 heavy (non-hydrogen) atoms. The van der Waals surface area contributed by atoms with Gasteiger partial charge in [-0.15, -0.1) is 0 Å². The van der Waals surface area contributed by atoms with Crippen LogP contribution >= 0.6 is 23.2 Å². The van der Waals surface area contributed by atoms with E-state index in [2.05, 4.69) is 5.16 Å². The molecule has 0 bridgehead atoms. The summed E-state index contributed by atoms with van der Waals surface area (Å²) in [5.41, 5.74) is 6.37. The van der Waals surface area contributed by atoms with E-state index in [0.29, 0.717) is 23.0 Å². The van der Waals surface area contributed by atoms with E-state index in [1.807, 2.05) is 37.1 Å². The van der Waals surface area contributed by atoms with Crippen molar-refractivity contribution in [1.82, 2.24) is 4.90 Å². The predicted octanol–water partition coefficient (Wildman–Crippen LogP) is 2.95. The van der Waals surface area contributed by atoms with Gasteiger partial charge in [0.2, 0.25) is 0 Å². The molecule has 0 spiro atoms. The summed E-state index contributed by atoms with van der Waals surface area (Å²) >= 11 is 12.2. The van der Waals surface area contributed by atoms with Gasteiger partial charge in [-0.2, -0.15) is 0 Å². The fraction of sp³-hybridized carbons (Fsp3) is 0.417. The average Bonchev–Trinajstić information content (AvgIpc) is 2.33. The predicted molar refractivity (Wildman–Crippen MR) is 75.4 cm³/mol. The third kappa shape index (κ3) is 4.05. The Morgan fingerprint density at radius 2 is 2.00 bits per heavy atom. The summed E-state index contributed by atoms with van der Waals surface area (Å²) in [6.07, 6.45) is 0.481. The molecule has 1 aromatic rings. The monoisotopic (exact) mass is 289 g/mol. The van der Waals surface area contributed by atoms with Gasteiger partial charge in [-0.3, -0.25) is 4.90 Å². The van der Waals surface area contributed by atoms with Crippen molar-refractivity contribution in [2.75, 3.05) is 7.05 Å². The largest absolute Gasteiger partial charge is 0.409 e. The van der Waals surface area contributed by atoms with E-state index in [4.69, 9.17) is 34.1 Å². The first-order chi connectivity index (χ1) is 8.45. The quantitative estimate of drug-likeness (QED) is 0.379. The van der Waals surface area contributed by atoms with Crippen LogP contribution < -0.4 is 5.73 Å². The second-order valence-corrected chi connectivity index (χ2v) is 5.07. The van der Waals surface area contributed by atoms with E-state index in [1.54, 1.807) is 0 Å². The molecule has 1 unspecified atom stereocenters. The van der Waals surface area contributed by atoms with Crippen LogP contribution in [0, 0.1) is 0 Å². The molecule has 1 rings (SSSR count). The van der Waals surface area contributed by atoms with E-state index in [1.165, 1.54) is 0 Å². The van der Waals surface area contributed by atoms with Gasteiger partial charge < -0.3 is 10.9 Å². The normalized spacial score (nSPS) is 13.9. The highest BCUT2D eigenvalue weighted by Crippen LogP contribution is 2.26. The number of hydrogen-bond donors (Lipinski definition) is 2. The standard InChI is InChI=1S/C12H17Cl2N3O/c1-8(6-12(15)16-18)17(2)7-9-10(13)4-3-5-11(9)14/h3-5,8,18H,6-7H2,1-2H3,(H2,15,16). The molecule has 100 valence electrons. The molecule has 4 nitrogen and oxygen atoms in total. The molecule has 0 aromatic heterocycles. The zero-order valence-electron chi connectivity index (χ0n) is 10.4. The Morgan fingerprint density at radius 1 is 1.44 bits per heavy atom. The maximum absolute atomic E-state index is 8.55. The molecule has 0 fully saturated rings. The number of oxime groups is 1. The molecule has 6 heteroatoms. The van der Waals surface area contributed by atoms with Crippen molar-refractivity contribution in [2.24, 2.45) is 10.9 Å². The van der Waals surface area contributed by atoms with Crippen LogP contribution in [0.5, 0.6) is 0 Å². The highest BCUT2D eigenvalue weighted by molar-refractivity contribution is 6.35. The van der Waals surface area contributed by atoms with Crippen molar-refractivity contribution in [3.8, 4) is 0 Å². The van der Waals surface area contributed by atoms with Crippen molar-refractivity contribution in [2.45, 2.75) is 25.9 Å². The first-order valence-corrected chi connectivity index (χ1v) is 6.30. The van der Waals surface area contributed by atoms with E-state index in [9.17, 15) is 0 Å². The van der Waals surface area contributed by atoms with Gasteiger partial charge in [0.1, 0.15) is 5.84 Å². The van der Waals surface area contributed by atoms with Crippen LogP contribution in [0.1, 0.15) is 18.9 Å². The Labute approximate surface area is 117 Å². The number of nitrogens with zero attached hydrogens (tertiary/aromatic N) is 2. The van der Waals surface area contributed by atoms with Crippen molar-refractivity contribution in [3.63, 3.8) is 0 Å². The number of benzene rings is 1. The maximum Gasteiger partial charge on any atom is 0.140 e. The highest BCUT2D eigenvalue weighted by Gasteiger charge is 2.14. The Bertz CT molecular complexity index is 417. The third-order valence-corrected chi connectivity index (χ3v) is 3.56. The van der Waals surface area contributed by atoms with Crippen LogP contribution in [0.25, 0.3) is 0 Å². The number of nitrogens with two attached hydrogens (primary N) is 1. The minimum absolute atomic E-state index is 0.119. The van der Waals surface area contributed by atoms with Gasteiger partial charge in [0.25, 0.3) is 0 Å². The summed E-state index contributed by atoms with van der Waals surface area (Å²) in [6.45, 7) is 2.60. The first kappa shape index (κ1) is 15.1. The SMILES string of the molecule is CC(CC(N)=NO)N(C)Cc1c(Cl)cccc1Cl. The summed E-state index contributed by atoms with van der Waals surface area (Å²) < 4.78 is 0. The maximum atomic E-state index is 8.55. The molecule has 0 saturated carbocycles. The lowest BCUT2D eigenvalue weighted by Gasteiger charge is -2.25. The molecule has 1 atom stereocenters. The zero-order chi connectivity index (χ0) is 13.7. The van der Waals surface area contributed by atoms with E-state index in [0.717, 1.165) is 5.56 Å². The van der Waals surface area contributed by atoms with Gasteiger partial charge >= 0.3 is 0 Å². The van der Waals surface area contributed by atoms with Crippen LogP contribution in [0.2, 0.25) is 10.0 Å². The van der Waals surface area contributed by atoms with Gasteiger partial charge in [0.15, 0.2) is 0 Å². The average molecular weight is 290 g/mol. The van der Waals surface area contributed by atoms with Crippen LogP contribution in [-0.4, -0.2) is 29.0 Å². The fourth-order valence-corrected chi connectivity index (χ4v) is 2.10. The molecular formula is C12H17Cl2N3O. The van der Waals surface area contributed by atoms with Gasteiger partial charge in [0.05, 0.1) is 0 Å². The van der Waals surface area contributed by atoms with Crippen molar-refractivity contribution in [1.29, 1.82) is 0 Å². The smallest absolute Gasteiger partial charge is 0.140 e. The summed E-state index contributed by atoms with van der Waals surface area (Å²) in [7, 11) is 1.94. The molecule has 0 aliphatic heterocycles.